The Hall–Kier alpha value is -3.43. The molecule has 0 bridgehead atoms. The van der Waals surface area contributed by atoms with Crippen molar-refractivity contribution in [3.8, 4) is 11.8 Å². The molecule has 2 aromatic rings. The predicted octanol–water partition coefficient (Wildman–Crippen LogP) is 1.44. The van der Waals surface area contributed by atoms with Crippen LogP contribution in [0.3, 0.4) is 0 Å². The smallest absolute Gasteiger partial charge is 0.409 e. The van der Waals surface area contributed by atoms with Crippen LogP contribution in [0, 0.1) is 23.7 Å². The molecule has 200 valence electrons. The molecule has 12 heteroatoms. The highest BCUT2D eigenvalue weighted by Crippen LogP contribution is 2.31. The molecule has 2 fully saturated rings. The predicted molar refractivity (Wildman–Crippen MR) is 135 cm³/mol. The van der Waals surface area contributed by atoms with Crippen molar-refractivity contribution in [1.82, 2.24) is 29.7 Å². The second kappa shape index (κ2) is 11.7. The molecule has 2 aromatic heterocycles. The Kier molecular flexibility index (Phi) is 8.45. The average Bonchev–Trinajstić information content (AvgIpc) is 3.47. The molecule has 2 unspecified atom stereocenters. The topological polar surface area (TPSA) is 158 Å². The molecule has 0 spiro atoms. The number of nitrogens with one attached hydrogen (secondary N) is 1. The van der Waals surface area contributed by atoms with Crippen LogP contribution in [0.2, 0.25) is 0 Å². The van der Waals surface area contributed by atoms with E-state index in [4.69, 9.17) is 15.2 Å². The van der Waals surface area contributed by atoms with Gasteiger partial charge in [-0.3, -0.25) is 9.36 Å². The van der Waals surface area contributed by atoms with E-state index < -0.39 is 18.4 Å². The van der Waals surface area contributed by atoms with E-state index >= 15 is 0 Å². The van der Waals surface area contributed by atoms with Gasteiger partial charge >= 0.3 is 6.09 Å². The number of hydrogen-bond acceptors (Lipinski definition) is 9. The summed E-state index contributed by atoms with van der Waals surface area (Å²) in [5, 5.41) is 13.0. The van der Waals surface area contributed by atoms with Gasteiger partial charge in [-0.1, -0.05) is 19.8 Å². The first-order valence-corrected chi connectivity index (χ1v) is 12.8. The van der Waals surface area contributed by atoms with Gasteiger partial charge in [-0.15, -0.1) is 0 Å². The second-order valence-corrected chi connectivity index (χ2v) is 9.87. The van der Waals surface area contributed by atoms with Crippen LogP contribution in [-0.2, 0) is 14.3 Å². The molecule has 2 saturated heterocycles. The quantitative estimate of drug-likeness (QED) is 0.486. The number of likely N-dealkylation sites (N-methyl/N-ethyl adjacent to an activating group) is 1. The summed E-state index contributed by atoms with van der Waals surface area (Å²) in [5.74, 6) is 6.93. The molecule has 2 amide bonds. The van der Waals surface area contributed by atoms with E-state index in [0.717, 1.165) is 12.8 Å². The highest BCUT2D eigenvalue weighted by atomic mass is 16.6. The van der Waals surface area contributed by atoms with Gasteiger partial charge in [-0.05, 0) is 37.5 Å². The number of carbonyl (C=O) groups excluding carboxylic acids is 2. The monoisotopic (exact) mass is 513 g/mol. The van der Waals surface area contributed by atoms with Gasteiger partial charge in [0.1, 0.15) is 11.7 Å². The minimum Gasteiger partial charge on any atom is -0.449 e. The largest absolute Gasteiger partial charge is 0.449 e. The summed E-state index contributed by atoms with van der Waals surface area (Å²) >= 11 is 0. The van der Waals surface area contributed by atoms with Crippen LogP contribution in [-0.4, -0.2) is 80.0 Å². The van der Waals surface area contributed by atoms with Gasteiger partial charge in [0, 0.05) is 32.5 Å². The standard InChI is InChI=1S/C25H35N7O5/c1-4-27-24(34)21-17(33)12-19(37-21)32-14-28-20-22(26)29-18(30-23(20)32)7-5-6-16-8-10-31(11-9-16)25(35)36-13-15(2)3/h14-17,19,21,33H,4,6,8-13H2,1-3H3,(H,27,34)(H2,26,29,30)/t17-,19?,21?/m1/s1. The van der Waals surface area contributed by atoms with Crippen LogP contribution in [0.4, 0.5) is 10.6 Å². The molecule has 37 heavy (non-hydrogen) atoms. The number of aliphatic hydroxyl groups is 1. The summed E-state index contributed by atoms with van der Waals surface area (Å²) in [4.78, 5) is 39.2. The summed E-state index contributed by atoms with van der Waals surface area (Å²) in [6, 6.07) is 0. The zero-order valence-electron chi connectivity index (χ0n) is 21.5. The van der Waals surface area contributed by atoms with Crippen molar-refractivity contribution in [2.45, 2.75) is 64.9 Å². The zero-order valence-corrected chi connectivity index (χ0v) is 21.5. The lowest BCUT2D eigenvalue weighted by Crippen LogP contribution is -2.40. The molecular formula is C25H35N7O5. The van der Waals surface area contributed by atoms with E-state index in [0.29, 0.717) is 55.7 Å². The Morgan fingerprint density at radius 1 is 1.32 bits per heavy atom. The van der Waals surface area contributed by atoms with Crippen molar-refractivity contribution < 1.29 is 24.2 Å². The van der Waals surface area contributed by atoms with E-state index in [1.807, 2.05) is 13.8 Å². The minimum atomic E-state index is -0.968. The number of fused-ring (bicyclic) bond motifs is 1. The Labute approximate surface area is 215 Å². The van der Waals surface area contributed by atoms with Crippen molar-refractivity contribution in [2.24, 2.45) is 11.8 Å². The number of nitrogens with two attached hydrogens (primary N) is 1. The number of aromatic nitrogens is 4. The number of amides is 2. The average molecular weight is 514 g/mol. The summed E-state index contributed by atoms with van der Waals surface area (Å²) in [5.41, 5.74) is 6.95. The number of nitrogen functional groups attached to an aromatic ring is 1. The van der Waals surface area contributed by atoms with E-state index in [-0.39, 0.29) is 30.1 Å². The number of aliphatic hydroxyl groups excluding tert-OH is 1. The Balaban J connectivity index is 1.39. The van der Waals surface area contributed by atoms with Crippen molar-refractivity contribution in [3.05, 3.63) is 12.2 Å². The van der Waals surface area contributed by atoms with Crippen molar-refractivity contribution >= 4 is 29.0 Å². The lowest BCUT2D eigenvalue weighted by molar-refractivity contribution is -0.137. The van der Waals surface area contributed by atoms with Gasteiger partial charge in [-0.25, -0.2) is 19.7 Å². The Morgan fingerprint density at radius 3 is 2.78 bits per heavy atom. The zero-order chi connectivity index (χ0) is 26.5. The van der Waals surface area contributed by atoms with Crippen LogP contribution in [0.25, 0.3) is 11.2 Å². The molecular weight excluding hydrogens is 478 g/mol. The molecule has 0 saturated carbocycles. The molecule has 4 heterocycles. The minimum absolute atomic E-state index is 0.195. The van der Waals surface area contributed by atoms with Gasteiger partial charge in [0.25, 0.3) is 5.91 Å². The van der Waals surface area contributed by atoms with Gasteiger partial charge in [0.15, 0.2) is 17.6 Å². The summed E-state index contributed by atoms with van der Waals surface area (Å²) in [7, 11) is 0. The Morgan fingerprint density at radius 2 is 2.08 bits per heavy atom. The van der Waals surface area contributed by atoms with E-state index in [9.17, 15) is 14.7 Å². The molecule has 3 atom stereocenters. The fourth-order valence-electron chi connectivity index (χ4n) is 4.46. The van der Waals surface area contributed by atoms with E-state index in [1.165, 1.54) is 6.33 Å². The number of rotatable bonds is 6. The third kappa shape index (κ3) is 6.29. The molecule has 4 rings (SSSR count). The molecule has 0 aromatic carbocycles. The van der Waals surface area contributed by atoms with Crippen LogP contribution in [0.5, 0.6) is 0 Å². The third-order valence-corrected chi connectivity index (χ3v) is 6.47. The number of likely N-dealkylation sites (tertiary alicyclic amines) is 1. The lowest BCUT2D eigenvalue weighted by Gasteiger charge is -2.30. The molecule has 12 nitrogen and oxygen atoms in total. The maximum absolute atomic E-state index is 12.2. The molecule has 2 aliphatic rings. The third-order valence-electron chi connectivity index (χ3n) is 6.47. The first kappa shape index (κ1) is 26.6. The summed E-state index contributed by atoms with van der Waals surface area (Å²) < 4.78 is 12.8. The fraction of sp³-hybridized carbons (Fsp3) is 0.640. The SMILES string of the molecule is CCNC(=O)C1OC(n2cnc3c(N)nc(C#CCC4CCN(C(=O)OCC(C)C)CC4)nc32)C[C@H]1O. The fourth-order valence-corrected chi connectivity index (χ4v) is 4.46. The summed E-state index contributed by atoms with van der Waals surface area (Å²) in [6.07, 6.45) is 1.31. The highest BCUT2D eigenvalue weighted by Gasteiger charge is 2.40. The summed E-state index contributed by atoms with van der Waals surface area (Å²) in [6.45, 7) is 8.01. The van der Waals surface area contributed by atoms with Crippen LogP contribution in [0.15, 0.2) is 6.33 Å². The normalized spacial score (nSPS) is 22.2. The molecule has 2 aliphatic heterocycles. The van der Waals surface area contributed by atoms with Crippen molar-refractivity contribution in [1.29, 1.82) is 0 Å². The van der Waals surface area contributed by atoms with Gasteiger partial charge < -0.3 is 30.5 Å². The van der Waals surface area contributed by atoms with E-state index in [1.54, 1.807) is 16.4 Å². The number of imidazole rings is 1. The van der Waals surface area contributed by atoms with Crippen LogP contribution >= 0.6 is 0 Å². The molecule has 4 N–H and O–H groups in total. The van der Waals surface area contributed by atoms with Crippen molar-refractivity contribution in [2.75, 3.05) is 32.0 Å². The van der Waals surface area contributed by atoms with Crippen LogP contribution in [0.1, 0.15) is 58.5 Å². The molecule has 0 radical (unpaired) electrons. The van der Waals surface area contributed by atoms with E-state index in [2.05, 4.69) is 32.1 Å². The maximum Gasteiger partial charge on any atom is 0.409 e. The van der Waals surface area contributed by atoms with Gasteiger partial charge in [0.05, 0.1) is 19.0 Å². The van der Waals surface area contributed by atoms with Crippen LogP contribution < -0.4 is 11.1 Å². The maximum atomic E-state index is 12.2. The first-order valence-electron chi connectivity index (χ1n) is 12.8. The number of ether oxygens (including phenoxy) is 2. The molecule has 0 aliphatic carbocycles. The highest BCUT2D eigenvalue weighted by molar-refractivity contribution is 5.83. The van der Waals surface area contributed by atoms with Gasteiger partial charge in [-0.2, -0.15) is 0 Å². The Bertz CT molecular complexity index is 1180. The van der Waals surface area contributed by atoms with Crippen molar-refractivity contribution in [3.63, 3.8) is 0 Å². The number of nitrogens with zero attached hydrogens (tertiary/aromatic N) is 5. The lowest BCUT2D eigenvalue weighted by atomic mass is 9.94. The number of piperidine rings is 1. The second-order valence-electron chi connectivity index (χ2n) is 9.87. The number of hydrogen-bond donors (Lipinski definition) is 3. The first-order chi connectivity index (χ1) is 17.8. The van der Waals surface area contributed by atoms with Gasteiger partial charge in [0.2, 0.25) is 5.82 Å². The number of carbonyl (C=O) groups is 2. The number of anilines is 1.